The Morgan fingerprint density at radius 1 is 1.06 bits per heavy atom. The summed E-state index contributed by atoms with van der Waals surface area (Å²) in [4.78, 5) is 28.9. The Kier molecular flexibility index (Phi) is 5.08. The molecule has 33 heavy (non-hydrogen) atoms. The van der Waals surface area contributed by atoms with Crippen LogP contribution in [0.1, 0.15) is 45.1 Å². The summed E-state index contributed by atoms with van der Waals surface area (Å²) in [5.41, 5.74) is 3.16. The number of aryl methyl sites for hydroxylation is 1. The summed E-state index contributed by atoms with van der Waals surface area (Å²) >= 11 is 0. The molecule has 0 unspecified atom stereocenters. The van der Waals surface area contributed by atoms with Crippen LogP contribution in [0.5, 0.6) is 11.5 Å². The maximum atomic E-state index is 13.8. The second-order valence-electron chi connectivity index (χ2n) is 9.07. The summed E-state index contributed by atoms with van der Waals surface area (Å²) in [7, 11) is 0. The smallest absolute Gasteiger partial charge is 0.252 e. The Balaban J connectivity index is 1.54. The van der Waals surface area contributed by atoms with Crippen molar-refractivity contribution in [3.8, 4) is 11.5 Å². The highest BCUT2D eigenvalue weighted by atomic mass is 16.3. The van der Waals surface area contributed by atoms with Gasteiger partial charge < -0.3 is 20.4 Å². The number of carbonyl (C=O) groups is 2. The van der Waals surface area contributed by atoms with Crippen LogP contribution in [0.2, 0.25) is 0 Å². The highest BCUT2D eigenvalue weighted by Gasteiger charge is 2.54. The third kappa shape index (κ3) is 3.71. The molecule has 168 valence electrons. The van der Waals surface area contributed by atoms with Crippen LogP contribution in [0.25, 0.3) is 0 Å². The van der Waals surface area contributed by atoms with E-state index in [1.807, 2.05) is 49.4 Å². The Hall–Kier alpha value is -3.80. The monoisotopic (exact) mass is 442 g/mol. The quantitative estimate of drug-likeness (QED) is 0.538. The largest absolute Gasteiger partial charge is 0.504 e. The number of benzene rings is 3. The van der Waals surface area contributed by atoms with Gasteiger partial charge in [-0.1, -0.05) is 48.0 Å². The fourth-order valence-corrected chi connectivity index (χ4v) is 5.12. The van der Waals surface area contributed by atoms with E-state index in [9.17, 15) is 19.8 Å². The van der Waals surface area contributed by atoms with E-state index in [2.05, 4.69) is 5.32 Å². The minimum Gasteiger partial charge on any atom is -0.504 e. The average molecular weight is 443 g/mol. The van der Waals surface area contributed by atoms with Gasteiger partial charge in [0.15, 0.2) is 11.5 Å². The zero-order valence-corrected chi connectivity index (χ0v) is 18.4. The molecule has 0 aromatic heterocycles. The molecule has 1 saturated heterocycles. The van der Waals surface area contributed by atoms with Crippen LogP contribution in [0.15, 0.2) is 66.7 Å². The molecule has 2 aliphatic rings. The fraction of sp³-hybridized carbons (Fsp3) is 0.259. The van der Waals surface area contributed by atoms with Crippen LogP contribution in [0, 0.1) is 6.92 Å². The zero-order valence-electron chi connectivity index (χ0n) is 18.4. The van der Waals surface area contributed by atoms with Crippen molar-refractivity contribution in [2.24, 2.45) is 0 Å². The van der Waals surface area contributed by atoms with Crippen LogP contribution < -0.4 is 5.32 Å². The SMILES string of the molecule is Cc1ccc(C(=O)N[C@@]2(Cc3ccccc3)C[C@@H]3c4cc(O)c(O)cc4CCN3C2=O)cc1. The van der Waals surface area contributed by atoms with Crippen LogP contribution in [0.3, 0.4) is 0 Å². The number of nitrogens with zero attached hydrogens (tertiary/aromatic N) is 1. The van der Waals surface area contributed by atoms with Gasteiger partial charge in [-0.2, -0.15) is 0 Å². The Morgan fingerprint density at radius 3 is 2.48 bits per heavy atom. The normalized spacial score (nSPS) is 21.4. The first kappa shape index (κ1) is 21.1. The molecule has 0 bridgehead atoms. The zero-order chi connectivity index (χ0) is 23.2. The summed E-state index contributed by atoms with van der Waals surface area (Å²) in [5, 5.41) is 23.2. The molecule has 2 aliphatic heterocycles. The molecule has 0 aliphatic carbocycles. The molecule has 2 heterocycles. The van der Waals surface area contributed by atoms with E-state index >= 15 is 0 Å². The molecule has 6 heteroatoms. The fourth-order valence-electron chi connectivity index (χ4n) is 5.12. The molecule has 2 atom stereocenters. The number of hydrogen-bond acceptors (Lipinski definition) is 4. The van der Waals surface area contributed by atoms with Gasteiger partial charge in [0.25, 0.3) is 5.91 Å². The second kappa shape index (κ2) is 7.96. The van der Waals surface area contributed by atoms with Crippen LogP contribution in [-0.4, -0.2) is 39.0 Å². The summed E-state index contributed by atoms with van der Waals surface area (Å²) in [5.74, 6) is -0.759. The van der Waals surface area contributed by atoms with Gasteiger partial charge in [0.05, 0.1) is 6.04 Å². The van der Waals surface area contributed by atoms with Gasteiger partial charge in [-0.15, -0.1) is 0 Å². The lowest BCUT2D eigenvalue weighted by Gasteiger charge is -2.32. The third-order valence-electron chi connectivity index (χ3n) is 6.82. The van der Waals surface area contributed by atoms with Crippen molar-refractivity contribution < 1.29 is 19.8 Å². The molecule has 1 fully saturated rings. The molecule has 0 radical (unpaired) electrons. The van der Waals surface area contributed by atoms with Crippen molar-refractivity contribution in [2.45, 2.75) is 37.8 Å². The van der Waals surface area contributed by atoms with E-state index in [-0.39, 0.29) is 29.4 Å². The minimum atomic E-state index is -1.11. The maximum absolute atomic E-state index is 13.8. The second-order valence-corrected chi connectivity index (χ2v) is 9.07. The van der Waals surface area contributed by atoms with Crippen molar-refractivity contribution in [1.29, 1.82) is 0 Å². The average Bonchev–Trinajstić information content (AvgIpc) is 3.07. The van der Waals surface area contributed by atoms with Crippen molar-refractivity contribution in [2.75, 3.05) is 6.54 Å². The lowest BCUT2D eigenvalue weighted by Crippen LogP contribution is -2.55. The number of phenols is 2. The molecule has 0 spiro atoms. The van der Waals surface area contributed by atoms with E-state index in [0.29, 0.717) is 31.4 Å². The summed E-state index contributed by atoms with van der Waals surface area (Å²) in [6, 6.07) is 19.8. The van der Waals surface area contributed by atoms with Crippen LogP contribution in [-0.2, 0) is 17.6 Å². The number of hydrogen-bond donors (Lipinski definition) is 3. The number of carbonyl (C=O) groups excluding carboxylic acids is 2. The van der Waals surface area contributed by atoms with Crippen molar-refractivity contribution in [1.82, 2.24) is 10.2 Å². The van der Waals surface area contributed by atoms with E-state index < -0.39 is 5.54 Å². The van der Waals surface area contributed by atoms with Gasteiger partial charge in [-0.25, -0.2) is 0 Å². The molecule has 6 nitrogen and oxygen atoms in total. The molecule has 5 rings (SSSR count). The van der Waals surface area contributed by atoms with Crippen LogP contribution >= 0.6 is 0 Å². The van der Waals surface area contributed by atoms with Gasteiger partial charge in [0.2, 0.25) is 5.91 Å². The van der Waals surface area contributed by atoms with Gasteiger partial charge in [-0.05, 0) is 54.3 Å². The highest BCUT2D eigenvalue weighted by Crippen LogP contribution is 2.46. The van der Waals surface area contributed by atoms with Crippen molar-refractivity contribution in [3.63, 3.8) is 0 Å². The molecule has 3 aromatic rings. The first-order chi connectivity index (χ1) is 15.9. The molecular formula is C27H26N2O4. The first-order valence-corrected chi connectivity index (χ1v) is 11.2. The predicted molar refractivity (Wildman–Crippen MR) is 124 cm³/mol. The van der Waals surface area contributed by atoms with Gasteiger partial charge >= 0.3 is 0 Å². The number of rotatable bonds is 4. The lowest BCUT2D eigenvalue weighted by molar-refractivity contribution is -0.134. The van der Waals surface area contributed by atoms with Crippen molar-refractivity contribution in [3.05, 3.63) is 94.5 Å². The number of fused-ring (bicyclic) bond motifs is 3. The standard InChI is InChI=1S/C27H26N2O4/c1-17-7-9-19(10-8-17)25(32)28-27(15-18-5-3-2-4-6-18)16-22-21-14-24(31)23(30)13-20(21)11-12-29(22)26(27)33/h2-10,13-14,22,30-31H,11-12,15-16H2,1H3,(H,28,32)/t22-,27+/m1/s1. The third-order valence-corrected chi connectivity index (χ3v) is 6.82. The van der Waals surface area contributed by atoms with Gasteiger partial charge in [-0.3, -0.25) is 9.59 Å². The summed E-state index contributed by atoms with van der Waals surface area (Å²) < 4.78 is 0. The van der Waals surface area contributed by atoms with Crippen molar-refractivity contribution >= 4 is 11.8 Å². The first-order valence-electron chi connectivity index (χ1n) is 11.2. The van der Waals surface area contributed by atoms with Gasteiger partial charge in [0.1, 0.15) is 5.54 Å². The topological polar surface area (TPSA) is 89.9 Å². The number of nitrogens with one attached hydrogen (secondary N) is 1. The number of amides is 2. The Labute approximate surface area is 192 Å². The molecule has 3 aromatic carbocycles. The Bertz CT molecular complexity index is 1220. The number of aromatic hydroxyl groups is 2. The molecule has 2 amide bonds. The van der Waals surface area contributed by atoms with E-state index in [1.165, 1.54) is 0 Å². The highest BCUT2D eigenvalue weighted by molar-refractivity contribution is 6.00. The minimum absolute atomic E-state index is 0.116. The molecule has 0 saturated carbocycles. The maximum Gasteiger partial charge on any atom is 0.252 e. The molecule has 3 N–H and O–H groups in total. The summed E-state index contributed by atoms with van der Waals surface area (Å²) in [6.07, 6.45) is 1.34. The predicted octanol–water partition coefficient (Wildman–Crippen LogP) is 3.65. The lowest BCUT2D eigenvalue weighted by atomic mass is 9.84. The number of phenolic OH excluding ortho intramolecular Hbond substituents is 2. The van der Waals surface area contributed by atoms with E-state index in [0.717, 1.165) is 22.3 Å². The van der Waals surface area contributed by atoms with E-state index in [1.54, 1.807) is 29.2 Å². The van der Waals surface area contributed by atoms with Crippen LogP contribution in [0.4, 0.5) is 0 Å². The Morgan fingerprint density at radius 2 is 1.76 bits per heavy atom. The summed E-state index contributed by atoms with van der Waals surface area (Å²) in [6.45, 7) is 2.46. The van der Waals surface area contributed by atoms with Gasteiger partial charge in [0, 0.05) is 24.9 Å². The molecular weight excluding hydrogens is 416 g/mol. The van der Waals surface area contributed by atoms with E-state index in [4.69, 9.17) is 0 Å².